The molecule has 0 fully saturated rings. The van der Waals surface area contributed by atoms with Gasteiger partial charge in [0.2, 0.25) is 0 Å². The summed E-state index contributed by atoms with van der Waals surface area (Å²) in [6.45, 7) is 4.36. The van der Waals surface area contributed by atoms with E-state index in [-0.39, 0.29) is 0 Å². The maximum Gasteiger partial charge on any atom is 0.0885 e. The van der Waals surface area contributed by atoms with Crippen LogP contribution < -0.4 is 0 Å². The smallest absolute Gasteiger partial charge is 0.0885 e. The number of benzene rings is 1. The lowest BCUT2D eigenvalue weighted by Crippen LogP contribution is -1.92. The number of nitrogens with zero attached hydrogens (tertiary/aromatic N) is 2. The highest BCUT2D eigenvalue weighted by Gasteiger charge is 2.01. The minimum atomic E-state index is 0.956. The first-order valence-corrected chi connectivity index (χ1v) is 6.73. The predicted molar refractivity (Wildman–Crippen MR) is 75.5 cm³/mol. The molecular formula is C16H20N2. The zero-order valence-corrected chi connectivity index (χ0v) is 11.2. The summed E-state index contributed by atoms with van der Waals surface area (Å²) < 4.78 is 0. The third-order valence-corrected chi connectivity index (χ3v) is 3.00. The van der Waals surface area contributed by atoms with Gasteiger partial charge in [-0.25, -0.2) is 0 Å². The van der Waals surface area contributed by atoms with Crippen molar-refractivity contribution in [1.29, 1.82) is 0 Å². The van der Waals surface area contributed by atoms with Crippen LogP contribution in [0.1, 0.15) is 37.9 Å². The number of rotatable bonds is 5. The Morgan fingerprint density at radius 2 is 1.56 bits per heavy atom. The first-order chi connectivity index (χ1) is 8.83. The number of hydrogen-bond acceptors (Lipinski definition) is 2. The van der Waals surface area contributed by atoms with Crippen LogP contribution >= 0.6 is 0 Å². The van der Waals surface area contributed by atoms with E-state index in [9.17, 15) is 0 Å². The van der Waals surface area contributed by atoms with Crippen LogP contribution in [0.15, 0.2) is 36.7 Å². The Morgan fingerprint density at radius 3 is 2.11 bits per heavy atom. The van der Waals surface area contributed by atoms with E-state index in [1.165, 1.54) is 12.0 Å². The van der Waals surface area contributed by atoms with Crippen LogP contribution in [0, 0.1) is 0 Å². The Bertz CT molecular complexity index is 424. The summed E-state index contributed by atoms with van der Waals surface area (Å²) in [6.07, 6.45) is 8.20. The zero-order valence-electron chi connectivity index (χ0n) is 11.2. The van der Waals surface area contributed by atoms with Crippen molar-refractivity contribution < 1.29 is 0 Å². The van der Waals surface area contributed by atoms with Gasteiger partial charge in [-0.05, 0) is 18.4 Å². The van der Waals surface area contributed by atoms with Crippen molar-refractivity contribution in [1.82, 2.24) is 9.97 Å². The molecule has 0 unspecified atom stereocenters. The monoisotopic (exact) mass is 240 g/mol. The van der Waals surface area contributed by atoms with E-state index >= 15 is 0 Å². The average molecular weight is 240 g/mol. The summed E-state index contributed by atoms with van der Waals surface area (Å²) in [5, 5.41) is 0. The molecule has 0 bridgehead atoms. The maximum atomic E-state index is 4.48. The van der Waals surface area contributed by atoms with E-state index in [1.807, 2.05) is 12.4 Å². The summed E-state index contributed by atoms with van der Waals surface area (Å²) in [7, 11) is 0. The molecule has 0 spiro atoms. The van der Waals surface area contributed by atoms with Crippen LogP contribution in [0.4, 0.5) is 0 Å². The fraction of sp³-hybridized carbons (Fsp3) is 0.375. The largest absolute Gasteiger partial charge is 0.257 e. The van der Waals surface area contributed by atoms with Crippen LogP contribution in [0.5, 0.6) is 0 Å². The normalized spacial score (nSPS) is 10.6. The van der Waals surface area contributed by atoms with Gasteiger partial charge >= 0.3 is 0 Å². The highest BCUT2D eigenvalue weighted by molar-refractivity contribution is 5.58. The van der Waals surface area contributed by atoms with E-state index in [1.54, 1.807) is 0 Å². The molecule has 2 rings (SSSR count). The van der Waals surface area contributed by atoms with E-state index in [2.05, 4.69) is 48.1 Å². The molecule has 0 aliphatic rings. The minimum Gasteiger partial charge on any atom is -0.257 e. The second kappa shape index (κ2) is 6.29. The number of hydrogen-bond donors (Lipinski definition) is 0. The van der Waals surface area contributed by atoms with Gasteiger partial charge in [0.1, 0.15) is 0 Å². The molecule has 0 radical (unpaired) electrons. The Kier molecular flexibility index (Phi) is 4.46. The molecule has 0 aliphatic heterocycles. The second-order valence-electron chi connectivity index (χ2n) is 4.59. The first kappa shape index (κ1) is 12.7. The van der Waals surface area contributed by atoms with Crippen LogP contribution in [0.25, 0.3) is 11.3 Å². The lowest BCUT2D eigenvalue weighted by molar-refractivity contribution is 0.871. The van der Waals surface area contributed by atoms with Crippen molar-refractivity contribution in [2.75, 3.05) is 0 Å². The van der Waals surface area contributed by atoms with Crippen molar-refractivity contribution in [3.8, 4) is 11.3 Å². The standard InChI is InChI=1S/C16H20N2/c1-3-5-13-7-9-14(10-8-13)16-12-17-15(6-4-2)11-18-16/h7-12H,3-6H2,1-2H3. The summed E-state index contributed by atoms with van der Waals surface area (Å²) in [4.78, 5) is 8.92. The summed E-state index contributed by atoms with van der Waals surface area (Å²) in [6, 6.07) is 8.63. The van der Waals surface area contributed by atoms with Gasteiger partial charge in [-0.15, -0.1) is 0 Å². The summed E-state index contributed by atoms with van der Waals surface area (Å²) in [5.74, 6) is 0. The molecule has 1 heterocycles. The van der Waals surface area contributed by atoms with Gasteiger partial charge in [0.15, 0.2) is 0 Å². The first-order valence-electron chi connectivity index (χ1n) is 6.73. The van der Waals surface area contributed by atoms with Crippen molar-refractivity contribution in [3.63, 3.8) is 0 Å². The number of aromatic nitrogens is 2. The molecule has 94 valence electrons. The Balaban J connectivity index is 2.15. The Labute approximate surface area is 109 Å². The molecule has 0 aliphatic carbocycles. The summed E-state index contributed by atoms with van der Waals surface area (Å²) in [5.41, 5.74) is 4.56. The van der Waals surface area contributed by atoms with E-state index in [0.717, 1.165) is 36.2 Å². The fourth-order valence-corrected chi connectivity index (χ4v) is 2.02. The van der Waals surface area contributed by atoms with Crippen molar-refractivity contribution in [2.24, 2.45) is 0 Å². The molecule has 1 aromatic heterocycles. The highest BCUT2D eigenvalue weighted by Crippen LogP contribution is 2.17. The zero-order chi connectivity index (χ0) is 12.8. The molecule has 0 N–H and O–H groups in total. The molecule has 2 heteroatoms. The van der Waals surface area contributed by atoms with Gasteiger partial charge in [-0.1, -0.05) is 51.0 Å². The minimum absolute atomic E-state index is 0.956. The van der Waals surface area contributed by atoms with Gasteiger partial charge in [0.05, 0.1) is 17.6 Å². The fourth-order valence-electron chi connectivity index (χ4n) is 2.02. The molecule has 1 aromatic carbocycles. The SMILES string of the molecule is CCCc1ccc(-c2cnc(CCC)cn2)cc1. The lowest BCUT2D eigenvalue weighted by atomic mass is 10.1. The van der Waals surface area contributed by atoms with Crippen LogP contribution in [-0.2, 0) is 12.8 Å². The van der Waals surface area contributed by atoms with Gasteiger partial charge < -0.3 is 0 Å². The van der Waals surface area contributed by atoms with Gasteiger partial charge in [-0.3, -0.25) is 9.97 Å². The van der Waals surface area contributed by atoms with Crippen molar-refractivity contribution in [2.45, 2.75) is 39.5 Å². The average Bonchev–Trinajstić information content (AvgIpc) is 2.41. The van der Waals surface area contributed by atoms with Crippen LogP contribution in [0.2, 0.25) is 0 Å². The number of aryl methyl sites for hydroxylation is 2. The Morgan fingerprint density at radius 1 is 0.833 bits per heavy atom. The molecule has 0 atom stereocenters. The van der Waals surface area contributed by atoms with Crippen molar-refractivity contribution >= 4 is 0 Å². The molecule has 0 amide bonds. The quantitative estimate of drug-likeness (QED) is 0.788. The molecule has 2 aromatic rings. The molecule has 2 nitrogen and oxygen atoms in total. The lowest BCUT2D eigenvalue weighted by Gasteiger charge is -2.04. The molecule has 18 heavy (non-hydrogen) atoms. The Hall–Kier alpha value is -1.70. The molecule has 0 saturated carbocycles. The topological polar surface area (TPSA) is 25.8 Å². The van der Waals surface area contributed by atoms with Gasteiger partial charge in [0.25, 0.3) is 0 Å². The van der Waals surface area contributed by atoms with E-state index in [4.69, 9.17) is 0 Å². The third-order valence-electron chi connectivity index (χ3n) is 3.00. The molecule has 0 saturated heterocycles. The predicted octanol–water partition coefficient (Wildman–Crippen LogP) is 4.05. The highest BCUT2D eigenvalue weighted by atomic mass is 14.8. The third kappa shape index (κ3) is 3.16. The van der Waals surface area contributed by atoms with Gasteiger partial charge in [0, 0.05) is 11.8 Å². The van der Waals surface area contributed by atoms with Crippen LogP contribution in [-0.4, -0.2) is 9.97 Å². The van der Waals surface area contributed by atoms with Crippen molar-refractivity contribution in [3.05, 3.63) is 47.9 Å². The van der Waals surface area contributed by atoms with E-state index < -0.39 is 0 Å². The van der Waals surface area contributed by atoms with E-state index in [0.29, 0.717) is 0 Å². The van der Waals surface area contributed by atoms with Gasteiger partial charge in [-0.2, -0.15) is 0 Å². The maximum absolute atomic E-state index is 4.48. The van der Waals surface area contributed by atoms with Crippen LogP contribution in [0.3, 0.4) is 0 Å². The summed E-state index contributed by atoms with van der Waals surface area (Å²) >= 11 is 0. The molecular weight excluding hydrogens is 220 g/mol. The second-order valence-corrected chi connectivity index (χ2v) is 4.59.